The topological polar surface area (TPSA) is 93.8 Å². The molecule has 0 bridgehead atoms. The zero-order valence-corrected chi connectivity index (χ0v) is 10.2. The third kappa shape index (κ3) is 2.82. The van der Waals surface area contributed by atoms with Gasteiger partial charge in [0.15, 0.2) is 5.82 Å². The van der Waals surface area contributed by atoms with Crippen LogP contribution in [-0.4, -0.2) is 19.9 Å². The van der Waals surface area contributed by atoms with Crippen molar-refractivity contribution in [1.82, 2.24) is 15.0 Å². The average molecular weight is 286 g/mol. The molecular formula is C9H5Cl2N5O2. The van der Waals surface area contributed by atoms with Gasteiger partial charge in [-0.1, -0.05) is 11.6 Å². The van der Waals surface area contributed by atoms with Gasteiger partial charge in [-0.15, -0.1) is 0 Å². The minimum absolute atomic E-state index is 0.00679. The molecule has 0 spiro atoms. The fraction of sp³-hybridized carbons (Fsp3) is 0. The summed E-state index contributed by atoms with van der Waals surface area (Å²) < 4.78 is 0. The van der Waals surface area contributed by atoms with Crippen LogP contribution in [0.5, 0.6) is 0 Å². The summed E-state index contributed by atoms with van der Waals surface area (Å²) in [5.74, 6) is 0.463. The zero-order chi connectivity index (χ0) is 13.1. The summed E-state index contributed by atoms with van der Waals surface area (Å²) in [4.78, 5) is 21.5. The van der Waals surface area contributed by atoms with Crippen LogP contribution in [0.25, 0.3) is 0 Å². The molecule has 1 N–H and O–H groups in total. The Balaban J connectivity index is 2.31. The molecule has 2 rings (SSSR count). The summed E-state index contributed by atoms with van der Waals surface area (Å²) in [6.45, 7) is 0. The average Bonchev–Trinajstić information content (AvgIpc) is 2.34. The molecule has 0 radical (unpaired) electrons. The second-order valence-electron chi connectivity index (χ2n) is 3.12. The van der Waals surface area contributed by atoms with Gasteiger partial charge in [0, 0.05) is 12.3 Å². The maximum Gasteiger partial charge on any atom is 0.274 e. The minimum Gasteiger partial charge on any atom is -0.323 e. The van der Waals surface area contributed by atoms with Crippen LogP contribution < -0.4 is 5.32 Å². The van der Waals surface area contributed by atoms with Crippen molar-refractivity contribution in [2.75, 3.05) is 5.32 Å². The molecule has 0 aromatic carbocycles. The second kappa shape index (κ2) is 5.11. The lowest BCUT2D eigenvalue weighted by molar-refractivity contribution is -0.384. The van der Waals surface area contributed by atoms with Gasteiger partial charge in [0.1, 0.15) is 10.8 Å². The molecule has 0 fully saturated rings. The molecule has 2 aromatic heterocycles. The molecule has 2 aromatic rings. The molecule has 18 heavy (non-hydrogen) atoms. The lowest BCUT2D eigenvalue weighted by Crippen LogP contribution is -1.99. The van der Waals surface area contributed by atoms with E-state index in [-0.39, 0.29) is 27.6 Å². The molecule has 0 atom stereocenters. The summed E-state index contributed by atoms with van der Waals surface area (Å²) in [6, 6.07) is 2.53. The van der Waals surface area contributed by atoms with Crippen molar-refractivity contribution in [2.24, 2.45) is 0 Å². The van der Waals surface area contributed by atoms with Gasteiger partial charge in [-0.2, -0.15) is 4.98 Å². The Morgan fingerprint density at radius 2 is 2.11 bits per heavy atom. The number of hydrogen-bond acceptors (Lipinski definition) is 6. The molecule has 0 unspecified atom stereocenters. The highest BCUT2D eigenvalue weighted by atomic mass is 35.5. The molecular weight excluding hydrogens is 281 g/mol. The Hall–Kier alpha value is -1.99. The van der Waals surface area contributed by atoms with E-state index in [1.54, 1.807) is 0 Å². The molecule has 9 heteroatoms. The lowest BCUT2D eigenvalue weighted by atomic mass is 10.4. The Kier molecular flexibility index (Phi) is 3.54. The van der Waals surface area contributed by atoms with E-state index in [4.69, 9.17) is 23.2 Å². The van der Waals surface area contributed by atoms with Crippen molar-refractivity contribution in [3.8, 4) is 0 Å². The molecule has 0 amide bonds. The van der Waals surface area contributed by atoms with Crippen LogP contribution in [0.3, 0.4) is 0 Å². The van der Waals surface area contributed by atoms with Crippen LogP contribution in [0.2, 0.25) is 10.3 Å². The summed E-state index contributed by atoms with van der Waals surface area (Å²) in [7, 11) is 0. The SMILES string of the molecule is O=[N+]([O-])c1ccnc(Nc2nc(Cl)ncc2Cl)c1. The number of anilines is 2. The molecule has 0 aliphatic rings. The number of nitrogens with zero attached hydrogens (tertiary/aromatic N) is 4. The number of hydrogen-bond donors (Lipinski definition) is 1. The number of nitrogens with one attached hydrogen (secondary N) is 1. The molecule has 0 saturated carbocycles. The van der Waals surface area contributed by atoms with Gasteiger partial charge in [-0.25, -0.2) is 9.97 Å². The highest BCUT2D eigenvalue weighted by Gasteiger charge is 2.09. The van der Waals surface area contributed by atoms with E-state index in [2.05, 4.69) is 20.3 Å². The fourth-order valence-corrected chi connectivity index (χ4v) is 1.43. The third-order valence-electron chi connectivity index (χ3n) is 1.92. The third-order valence-corrected chi connectivity index (χ3v) is 2.37. The van der Waals surface area contributed by atoms with Gasteiger partial charge >= 0.3 is 0 Å². The number of aromatic nitrogens is 3. The molecule has 7 nitrogen and oxygen atoms in total. The van der Waals surface area contributed by atoms with Crippen LogP contribution in [0.15, 0.2) is 24.5 Å². The van der Waals surface area contributed by atoms with Crippen LogP contribution in [0.1, 0.15) is 0 Å². The van der Waals surface area contributed by atoms with Gasteiger partial charge in [-0.05, 0) is 11.6 Å². The number of halogens is 2. The molecule has 0 saturated heterocycles. The smallest absolute Gasteiger partial charge is 0.274 e. The van der Waals surface area contributed by atoms with Crippen LogP contribution in [0, 0.1) is 10.1 Å². The first-order valence-corrected chi connectivity index (χ1v) is 5.37. The van der Waals surface area contributed by atoms with Crippen molar-refractivity contribution in [3.05, 3.63) is 44.9 Å². The maximum atomic E-state index is 10.6. The van der Waals surface area contributed by atoms with Crippen molar-refractivity contribution >= 4 is 40.5 Å². The van der Waals surface area contributed by atoms with E-state index in [0.29, 0.717) is 0 Å². The van der Waals surface area contributed by atoms with E-state index < -0.39 is 4.92 Å². The summed E-state index contributed by atoms with van der Waals surface area (Å²) in [5.41, 5.74) is -0.0937. The quantitative estimate of drug-likeness (QED) is 0.529. The highest BCUT2D eigenvalue weighted by molar-refractivity contribution is 6.33. The number of rotatable bonds is 3. The Morgan fingerprint density at radius 3 is 2.83 bits per heavy atom. The van der Waals surface area contributed by atoms with Gasteiger partial charge < -0.3 is 5.32 Å². The highest BCUT2D eigenvalue weighted by Crippen LogP contribution is 2.24. The Labute approximate surface area is 111 Å². The van der Waals surface area contributed by atoms with Crippen molar-refractivity contribution in [3.63, 3.8) is 0 Å². The first-order valence-electron chi connectivity index (χ1n) is 4.62. The Morgan fingerprint density at radius 1 is 1.33 bits per heavy atom. The predicted molar refractivity (Wildman–Crippen MR) is 66.2 cm³/mol. The largest absolute Gasteiger partial charge is 0.323 e. The van der Waals surface area contributed by atoms with E-state index in [1.165, 1.54) is 24.5 Å². The summed E-state index contributed by atoms with van der Waals surface area (Å²) >= 11 is 11.5. The van der Waals surface area contributed by atoms with Crippen molar-refractivity contribution in [2.45, 2.75) is 0 Å². The molecule has 92 valence electrons. The van der Waals surface area contributed by atoms with Crippen LogP contribution in [0.4, 0.5) is 17.3 Å². The van der Waals surface area contributed by atoms with E-state index in [9.17, 15) is 10.1 Å². The first-order chi connectivity index (χ1) is 8.56. The summed E-state index contributed by atoms with van der Waals surface area (Å²) in [5, 5.41) is 13.6. The standard InChI is InChI=1S/C9H5Cl2N5O2/c10-6-4-13-9(11)15-8(6)14-7-3-5(16(17)18)1-2-12-7/h1-4H,(H,12,13,14,15). The van der Waals surface area contributed by atoms with Gasteiger partial charge in [-0.3, -0.25) is 10.1 Å². The normalized spacial score (nSPS) is 10.1. The van der Waals surface area contributed by atoms with Gasteiger partial charge in [0.2, 0.25) is 5.28 Å². The molecule has 0 aliphatic carbocycles. The lowest BCUT2D eigenvalue weighted by Gasteiger charge is -2.05. The fourth-order valence-electron chi connectivity index (χ4n) is 1.16. The van der Waals surface area contributed by atoms with Gasteiger partial charge in [0.05, 0.1) is 17.2 Å². The maximum absolute atomic E-state index is 10.6. The van der Waals surface area contributed by atoms with E-state index in [1.807, 2.05) is 0 Å². The molecule has 0 aliphatic heterocycles. The monoisotopic (exact) mass is 285 g/mol. The number of nitro groups is 1. The van der Waals surface area contributed by atoms with Crippen LogP contribution >= 0.6 is 23.2 Å². The second-order valence-corrected chi connectivity index (χ2v) is 3.86. The Bertz CT molecular complexity index is 607. The zero-order valence-electron chi connectivity index (χ0n) is 8.67. The summed E-state index contributed by atoms with van der Waals surface area (Å²) in [6.07, 6.45) is 2.62. The molecule has 2 heterocycles. The van der Waals surface area contributed by atoms with E-state index in [0.717, 1.165) is 0 Å². The minimum atomic E-state index is -0.526. The predicted octanol–water partition coefficient (Wildman–Crippen LogP) is 2.83. The first kappa shape index (κ1) is 12.5. The van der Waals surface area contributed by atoms with Gasteiger partial charge in [0.25, 0.3) is 5.69 Å². The van der Waals surface area contributed by atoms with Crippen molar-refractivity contribution < 1.29 is 4.92 Å². The number of pyridine rings is 1. The van der Waals surface area contributed by atoms with E-state index >= 15 is 0 Å². The van der Waals surface area contributed by atoms with Crippen molar-refractivity contribution in [1.29, 1.82) is 0 Å². The van der Waals surface area contributed by atoms with Crippen LogP contribution in [-0.2, 0) is 0 Å².